The van der Waals surface area contributed by atoms with Gasteiger partial charge in [0.25, 0.3) is 5.91 Å². The summed E-state index contributed by atoms with van der Waals surface area (Å²) in [5.41, 5.74) is 0.784. The highest BCUT2D eigenvalue weighted by molar-refractivity contribution is 7.90. The van der Waals surface area contributed by atoms with E-state index >= 15 is 0 Å². The van der Waals surface area contributed by atoms with E-state index in [1.54, 1.807) is 6.92 Å². The maximum atomic E-state index is 12.8. The summed E-state index contributed by atoms with van der Waals surface area (Å²) in [6, 6.07) is 6.92. The first kappa shape index (κ1) is 25.9. The van der Waals surface area contributed by atoms with Gasteiger partial charge in [0.05, 0.1) is 30.9 Å². The molecule has 0 fully saturated rings. The molecule has 3 rings (SSSR count). The largest absolute Gasteiger partial charge is 0.488 e. The first-order valence-electron chi connectivity index (χ1n) is 10.1. The van der Waals surface area contributed by atoms with Gasteiger partial charge in [-0.3, -0.25) is 9.78 Å². The van der Waals surface area contributed by atoms with E-state index in [0.717, 1.165) is 6.26 Å². The van der Waals surface area contributed by atoms with Crippen molar-refractivity contribution in [3.63, 3.8) is 0 Å². The number of sulfone groups is 1. The number of aromatic nitrogens is 3. The van der Waals surface area contributed by atoms with Crippen LogP contribution < -0.4 is 14.8 Å². The zero-order chi connectivity index (χ0) is 25.6. The van der Waals surface area contributed by atoms with Gasteiger partial charge in [-0.25, -0.2) is 18.4 Å². The average Bonchev–Trinajstić information content (AvgIpc) is 2.79. The van der Waals surface area contributed by atoms with Gasteiger partial charge in [0, 0.05) is 17.9 Å². The first-order chi connectivity index (χ1) is 16.5. The van der Waals surface area contributed by atoms with Crippen LogP contribution >= 0.6 is 0 Å². The second kappa shape index (κ2) is 11.1. The number of rotatable bonds is 10. The number of ether oxygens (including phenoxy) is 3. The number of nitrogens with zero attached hydrogens (tertiary/aromatic N) is 3. The third-order valence-corrected chi connectivity index (χ3v) is 5.29. The summed E-state index contributed by atoms with van der Waals surface area (Å²) in [4.78, 5) is 24.8. The van der Waals surface area contributed by atoms with Crippen molar-refractivity contribution in [3.05, 3.63) is 60.2 Å². The third-order valence-electron chi connectivity index (χ3n) is 4.28. The van der Waals surface area contributed by atoms with Crippen LogP contribution in [0.1, 0.15) is 23.0 Å². The molecule has 0 spiro atoms. The molecule has 0 unspecified atom stereocenters. The van der Waals surface area contributed by atoms with Crippen molar-refractivity contribution in [1.82, 2.24) is 15.0 Å². The molecule has 0 aliphatic heterocycles. The average molecular weight is 509 g/mol. The lowest BCUT2D eigenvalue weighted by Crippen LogP contribution is -2.21. The molecule has 0 aliphatic rings. The topological polar surface area (TPSA) is 130 Å². The van der Waals surface area contributed by atoms with Crippen LogP contribution in [-0.2, 0) is 14.6 Å². The van der Waals surface area contributed by atoms with Crippen LogP contribution in [0, 0.1) is 6.92 Å². The first-order valence-corrected chi connectivity index (χ1v) is 12.0. The molecule has 0 aliphatic carbocycles. The maximum absolute atomic E-state index is 12.8. The number of pyridine rings is 1. The molecule has 2 aromatic heterocycles. The molecule has 10 nitrogen and oxygen atoms in total. The minimum Gasteiger partial charge on any atom is -0.488 e. The van der Waals surface area contributed by atoms with E-state index in [1.165, 1.54) is 55.8 Å². The number of hydrogen-bond donors (Lipinski definition) is 1. The standard InChI is InChI=1S/C22H22F2N4O6S/c1-13-9-26-19(11-25-13)28-21(29)15-6-17(33-14(2)12-32-22(23)24)8-18(7-15)34-16-4-5-20(27-10-16)35(3,30)31/h4-11,14,22H,12H2,1-3H3,(H,26,28,29)/t14-/m0/s1. The summed E-state index contributed by atoms with van der Waals surface area (Å²) in [7, 11) is -3.49. The second-order valence-corrected chi connectivity index (χ2v) is 9.38. The van der Waals surface area contributed by atoms with Crippen molar-refractivity contribution < 1.29 is 36.2 Å². The van der Waals surface area contributed by atoms with Gasteiger partial charge in [-0.2, -0.15) is 8.78 Å². The molecule has 0 radical (unpaired) electrons. The van der Waals surface area contributed by atoms with E-state index in [4.69, 9.17) is 9.47 Å². The van der Waals surface area contributed by atoms with Crippen LogP contribution in [0.15, 0.2) is 53.9 Å². The molecule has 2 heterocycles. The highest BCUT2D eigenvalue weighted by Gasteiger charge is 2.16. The number of carbonyl (C=O) groups is 1. The van der Waals surface area contributed by atoms with Gasteiger partial charge in [-0.1, -0.05) is 0 Å². The van der Waals surface area contributed by atoms with Crippen molar-refractivity contribution in [2.75, 3.05) is 18.2 Å². The molecular formula is C22H22F2N4O6S. The molecule has 1 atom stereocenters. The number of alkyl halides is 2. The van der Waals surface area contributed by atoms with Crippen molar-refractivity contribution in [2.45, 2.75) is 31.6 Å². The van der Waals surface area contributed by atoms with Crippen molar-refractivity contribution in [3.8, 4) is 17.2 Å². The lowest BCUT2D eigenvalue weighted by molar-refractivity contribution is -0.142. The molecule has 0 bridgehead atoms. The van der Waals surface area contributed by atoms with Gasteiger partial charge in [0.15, 0.2) is 20.7 Å². The monoisotopic (exact) mass is 508 g/mol. The fraction of sp³-hybridized carbons (Fsp3) is 0.273. The number of hydrogen-bond acceptors (Lipinski definition) is 9. The van der Waals surface area contributed by atoms with E-state index in [1.807, 2.05) is 0 Å². The molecule has 13 heteroatoms. The predicted molar refractivity (Wildman–Crippen MR) is 121 cm³/mol. The summed E-state index contributed by atoms with van der Waals surface area (Å²) < 4.78 is 63.5. The fourth-order valence-electron chi connectivity index (χ4n) is 2.73. The van der Waals surface area contributed by atoms with Gasteiger partial charge < -0.3 is 19.5 Å². The van der Waals surface area contributed by atoms with Gasteiger partial charge in [-0.05, 0) is 38.1 Å². The number of halogens is 2. The van der Waals surface area contributed by atoms with Crippen LogP contribution in [0.2, 0.25) is 0 Å². The predicted octanol–water partition coefficient (Wildman–Crippen LogP) is 3.63. The van der Waals surface area contributed by atoms with Crippen LogP contribution in [-0.4, -0.2) is 54.9 Å². The Morgan fingerprint density at radius 1 is 1.03 bits per heavy atom. The lowest BCUT2D eigenvalue weighted by atomic mass is 10.2. The van der Waals surface area contributed by atoms with Crippen molar-refractivity contribution in [2.24, 2.45) is 0 Å². The van der Waals surface area contributed by atoms with Crippen LogP contribution in [0.25, 0.3) is 0 Å². The summed E-state index contributed by atoms with van der Waals surface area (Å²) in [6.45, 7) is -0.0693. The Hall–Kier alpha value is -3.71. The summed E-state index contributed by atoms with van der Waals surface area (Å²) in [6.07, 6.45) is 4.35. The fourth-order valence-corrected chi connectivity index (χ4v) is 3.29. The van der Waals surface area contributed by atoms with Crippen molar-refractivity contribution >= 4 is 21.6 Å². The molecule has 1 aromatic carbocycles. The number of nitrogens with one attached hydrogen (secondary N) is 1. The smallest absolute Gasteiger partial charge is 0.345 e. The molecule has 1 N–H and O–H groups in total. The summed E-state index contributed by atoms with van der Waals surface area (Å²) in [5.74, 6) is 0.153. The molecular weight excluding hydrogens is 486 g/mol. The number of anilines is 1. The molecule has 1 amide bonds. The van der Waals surface area contributed by atoms with E-state index in [2.05, 4.69) is 25.0 Å². The molecule has 35 heavy (non-hydrogen) atoms. The van der Waals surface area contributed by atoms with Crippen molar-refractivity contribution in [1.29, 1.82) is 0 Å². The third kappa shape index (κ3) is 7.93. The molecule has 186 valence electrons. The minimum absolute atomic E-state index is 0.113. The molecule has 0 saturated heterocycles. The summed E-state index contributed by atoms with van der Waals surface area (Å²) >= 11 is 0. The Bertz CT molecular complexity index is 1270. The zero-order valence-corrected chi connectivity index (χ0v) is 19.8. The van der Waals surface area contributed by atoms with E-state index < -0.39 is 28.5 Å². The quantitative estimate of drug-likeness (QED) is 0.436. The normalized spacial score (nSPS) is 12.3. The number of aryl methyl sites for hydroxylation is 1. The maximum Gasteiger partial charge on any atom is 0.345 e. The number of amides is 1. The Kier molecular flexibility index (Phi) is 8.25. The lowest BCUT2D eigenvalue weighted by Gasteiger charge is -2.17. The van der Waals surface area contributed by atoms with E-state index in [9.17, 15) is 22.0 Å². The van der Waals surface area contributed by atoms with Gasteiger partial charge in [0.1, 0.15) is 23.4 Å². The van der Waals surface area contributed by atoms with Crippen LogP contribution in [0.4, 0.5) is 14.6 Å². The molecule has 0 saturated carbocycles. The Balaban J connectivity index is 1.86. The highest BCUT2D eigenvalue weighted by atomic mass is 32.2. The number of benzene rings is 1. The SMILES string of the molecule is Cc1cnc(NC(=O)c2cc(Oc3ccc(S(C)(=O)=O)nc3)cc(O[C@@H](C)COC(F)F)c2)cn1. The number of carbonyl (C=O) groups excluding carboxylic acids is 1. The Morgan fingerprint density at radius 2 is 1.77 bits per heavy atom. The van der Waals surface area contributed by atoms with E-state index in [-0.39, 0.29) is 40.3 Å². The van der Waals surface area contributed by atoms with Gasteiger partial charge in [0.2, 0.25) is 0 Å². The van der Waals surface area contributed by atoms with Gasteiger partial charge >= 0.3 is 6.61 Å². The Labute approximate surface area is 200 Å². The second-order valence-electron chi connectivity index (χ2n) is 7.42. The minimum atomic E-state index is -3.49. The van der Waals surface area contributed by atoms with Gasteiger partial charge in [-0.15, -0.1) is 0 Å². The van der Waals surface area contributed by atoms with Crippen LogP contribution in [0.5, 0.6) is 17.2 Å². The highest BCUT2D eigenvalue weighted by Crippen LogP contribution is 2.29. The zero-order valence-electron chi connectivity index (χ0n) is 18.9. The van der Waals surface area contributed by atoms with E-state index in [0.29, 0.717) is 5.69 Å². The van der Waals surface area contributed by atoms with Crippen LogP contribution in [0.3, 0.4) is 0 Å². The Morgan fingerprint density at radius 3 is 2.37 bits per heavy atom. The molecule has 3 aromatic rings. The summed E-state index contributed by atoms with van der Waals surface area (Å²) in [5, 5.41) is 2.46.